The van der Waals surface area contributed by atoms with Crippen LogP contribution in [-0.2, 0) is 6.61 Å². The zero-order valence-electron chi connectivity index (χ0n) is 17.0. The molecule has 0 aliphatic rings. The molecule has 0 aliphatic carbocycles. The average molecular weight is 408 g/mol. The summed E-state index contributed by atoms with van der Waals surface area (Å²) in [7, 11) is 4.40. The first-order chi connectivity index (χ1) is 14.0. The van der Waals surface area contributed by atoms with Gasteiger partial charge in [0.1, 0.15) is 6.10 Å². The Kier molecular flexibility index (Phi) is 8.38. The van der Waals surface area contributed by atoms with Crippen LogP contribution < -0.4 is 23.7 Å². The molecule has 3 N–H and O–H groups in total. The highest BCUT2D eigenvalue weighted by molar-refractivity contribution is 5.54. The molecule has 0 saturated heterocycles. The first-order valence-electron chi connectivity index (χ1n) is 9.14. The SMILES string of the molecule is CCOc1ccc(C(O)C(CO)Oc2c(OC)cc(CO)cc2OC)cc1OC. The Labute approximate surface area is 170 Å². The van der Waals surface area contributed by atoms with Crippen molar-refractivity contribution in [2.75, 3.05) is 34.5 Å². The van der Waals surface area contributed by atoms with Crippen molar-refractivity contribution >= 4 is 0 Å². The van der Waals surface area contributed by atoms with Crippen LogP contribution in [0, 0.1) is 0 Å². The first kappa shape index (κ1) is 22.6. The van der Waals surface area contributed by atoms with Crippen molar-refractivity contribution in [1.82, 2.24) is 0 Å². The third-order valence-electron chi connectivity index (χ3n) is 4.33. The van der Waals surface area contributed by atoms with Gasteiger partial charge in [-0.3, -0.25) is 0 Å². The maximum atomic E-state index is 10.8. The molecule has 8 heteroatoms. The summed E-state index contributed by atoms with van der Waals surface area (Å²) in [4.78, 5) is 0. The largest absolute Gasteiger partial charge is 0.493 e. The number of ether oxygens (including phenoxy) is 5. The predicted octanol–water partition coefficient (Wildman–Crippen LogP) is 2.08. The van der Waals surface area contributed by atoms with Gasteiger partial charge < -0.3 is 39.0 Å². The van der Waals surface area contributed by atoms with Crippen molar-refractivity contribution in [1.29, 1.82) is 0 Å². The van der Waals surface area contributed by atoms with Gasteiger partial charge in [-0.2, -0.15) is 0 Å². The maximum absolute atomic E-state index is 10.8. The van der Waals surface area contributed by atoms with Gasteiger partial charge in [-0.05, 0) is 42.3 Å². The molecule has 0 radical (unpaired) electrons. The van der Waals surface area contributed by atoms with Crippen molar-refractivity contribution in [3.63, 3.8) is 0 Å². The van der Waals surface area contributed by atoms with Gasteiger partial charge in [-0.1, -0.05) is 6.07 Å². The van der Waals surface area contributed by atoms with Crippen molar-refractivity contribution in [2.24, 2.45) is 0 Å². The van der Waals surface area contributed by atoms with Crippen LogP contribution in [0.25, 0.3) is 0 Å². The lowest BCUT2D eigenvalue weighted by atomic mass is 10.0. The van der Waals surface area contributed by atoms with Gasteiger partial charge in [0.2, 0.25) is 5.75 Å². The van der Waals surface area contributed by atoms with Crippen LogP contribution in [0.4, 0.5) is 0 Å². The molecule has 0 fully saturated rings. The van der Waals surface area contributed by atoms with Gasteiger partial charge in [0.15, 0.2) is 29.1 Å². The van der Waals surface area contributed by atoms with E-state index in [0.717, 1.165) is 0 Å². The van der Waals surface area contributed by atoms with E-state index in [9.17, 15) is 15.3 Å². The fourth-order valence-electron chi connectivity index (χ4n) is 2.85. The molecule has 0 heterocycles. The van der Waals surface area contributed by atoms with Gasteiger partial charge in [-0.15, -0.1) is 0 Å². The lowest BCUT2D eigenvalue weighted by molar-refractivity contribution is -0.00178. The van der Waals surface area contributed by atoms with Crippen LogP contribution in [-0.4, -0.2) is 56.0 Å². The van der Waals surface area contributed by atoms with Crippen LogP contribution in [0.15, 0.2) is 30.3 Å². The second-order valence-electron chi connectivity index (χ2n) is 6.11. The summed E-state index contributed by atoms with van der Waals surface area (Å²) in [6, 6.07) is 8.18. The molecule has 0 amide bonds. The van der Waals surface area contributed by atoms with E-state index in [1.54, 1.807) is 30.3 Å². The fraction of sp³-hybridized carbons (Fsp3) is 0.429. The Bertz CT molecular complexity index is 767. The van der Waals surface area contributed by atoms with Crippen LogP contribution in [0.3, 0.4) is 0 Å². The van der Waals surface area contributed by atoms with Gasteiger partial charge >= 0.3 is 0 Å². The van der Waals surface area contributed by atoms with E-state index >= 15 is 0 Å². The highest BCUT2D eigenvalue weighted by Gasteiger charge is 2.27. The summed E-state index contributed by atoms with van der Waals surface area (Å²) in [5.41, 5.74) is 1.05. The molecule has 0 aliphatic heterocycles. The summed E-state index contributed by atoms with van der Waals surface area (Å²) in [6.07, 6.45) is -2.18. The van der Waals surface area contributed by atoms with Gasteiger partial charge in [0.05, 0.1) is 41.2 Å². The molecule has 2 aromatic carbocycles. The minimum Gasteiger partial charge on any atom is -0.493 e. The molecule has 0 spiro atoms. The second kappa shape index (κ2) is 10.8. The Balaban J connectivity index is 2.35. The van der Waals surface area contributed by atoms with Crippen LogP contribution in [0.5, 0.6) is 28.7 Å². The van der Waals surface area contributed by atoms with Crippen molar-refractivity contribution in [3.8, 4) is 28.7 Å². The van der Waals surface area contributed by atoms with Crippen molar-refractivity contribution < 1.29 is 39.0 Å². The molecule has 160 valence electrons. The number of hydrogen-bond donors (Lipinski definition) is 3. The molecule has 2 aromatic rings. The molecule has 0 aromatic heterocycles. The monoisotopic (exact) mass is 408 g/mol. The Morgan fingerprint density at radius 2 is 1.48 bits per heavy atom. The Hall–Kier alpha value is -2.68. The van der Waals surface area contributed by atoms with Crippen LogP contribution in [0.1, 0.15) is 24.2 Å². The van der Waals surface area contributed by atoms with Gasteiger partial charge in [0.25, 0.3) is 0 Å². The normalized spacial score (nSPS) is 12.8. The number of hydrogen-bond acceptors (Lipinski definition) is 8. The van der Waals surface area contributed by atoms with E-state index in [-0.39, 0.29) is 12.4 Å². The van der Waals surface area contributed by atoms with Crippen LogP contribution in [0.2, 0.25) is 0 Å². The Morgan fingerprint density at radius 3 is 1.97 bits per heavy atom. The minimum atomic E-state index is -1.17. The molecule has 2 atom stereocenters. The molecule has 0 saturated carbocycles. The molecule has 2 rings (SSSR count). The van der Waals surface area contributed by atoms with Gasteiger partial charge in [-0.25, -0.2) is 0 Å². The van der Waals surface area contributed by atoms with E-state index in [4.69, 9.17) is 23.7 Å². The number of aliphatic hydroxyl groups excluding tert-OH is 3. The van der Waals surface area contributed by atoms with Crippen molar-refractivity contribution in [2.45, 2.75) is 25.7 Å². The highest BCUT2D eigenvalue weighted by atomic mass is 16.6. The standard InChI is InChI=1S/C21H28O8/c1-5-28-15-7-6-14(10-16(15)25-2)20(24)19(12-23)29-21-17(26-3)8-13(11-22)9-18(21)27-4/h6-10,19-20,22-24H,5,11-12H2,1-4H3. The summed E-state index contributed by atoms with van der Waals surface area (Å²) in [6.45, 7) is 1.67. The van der Waals surface area contributed by atoms with Gasteiger partial charge in [0, 0.05) is 0 Å². The lowest BCUT2D eigenvalue weighted by Crippen LogP contribution is -2.29. The number of rotatable bonds is 11. The molecule has 8 nitrogen and oxygen atoms in total. The molecule has 29 heavy (non-hydrogen) atoms. The third-order valence-corrected chi connectivity index (χ3v) is 4.33. The smallest absolute Gasteiger partial charge is 0.204 e. The second-order valence-corrected chi connectivity index (χ2v) is 6.11. The Morgan fingerprint density at radius 1 is 0.862 bits per heavy atom. The molecular formula is C21H28O8. The number of aliphatic hydroxyl groups is 3. The summed E-state index contributed by atoms with van der Waals surface area (Å²) >= 11 is 0. The minimum absolute atomic E-state index is 0.203. The van der Waals surface area contributed by atoms with Crippen LogP contribution >= 0.6 is 0 Å². The summed E-state index contributed by atoms with van der Waals surface area (Å²) in [5, 5.41) is 30.0. The third kappa shape index (κ3) is 5.23. The summed E-state index contributed by atoms with van der Waals surface area (Å²) in [5.74, 6) is 1.84. The topological polar surface area (TPSA) is 107 Å². The molecule has 2 unspecified atom stereocenters. The van der Waals surface area contributed by atoms with E-state index in [1.165, 1.54) is 21.3 Å². The summed E-state index contributed by atoms with van der Waals surface area (Å²) < 4.78 is 27.3. The predicted molar refractivity (Wildman–Crippen MR) is 106 cm³/mol. The van der Waals surface area contributed by atoms with E-state index in [2.05, 4.69) is 0 Å². The number of methoxy groups -OCH3 is 3. The van der Waals surface area contributed by atoms with E-state index in [1.807, 2.05) is 6.92 Å². The number of benzene rings is 2. The average Bonchev–Trinajstić information content (AvgIpc) is 2.76. The van der Waals surface area contributed by atoms with Crippen molar-refractivity contribution in [3.05, 3.63) is 41.5 Å². The fourth-order valence-corrected chi connectivity index (χ4v) is 2.85. The van der Waals surface area contributed by atoms with E-state index in [0.29, 0.717) is 40.7 Å². The molecule has 0 bridgehead atoms. The van der Waals surface area contributed by atoms with E-state index < -0.39 is 18.8 Å². The molecular weight excluding hydrogens is 380 g/mol. The quantitative estimate of drug-likeness (QED) is 0.519. The lowest BCUT2D eigenvalue weighted by Gasteiger charge is -2.25. The highest BCUT2D eigenvalue weighted by Crippen LogP contribution is 2.41. The zero-order valence-corrected chi connectivity index (χ0v) is 17.0. The zero-order chi connectivity index (χ0) is 21.4. The maximum Gasteiger partial charge on any atom is 0.204 e. The first-order valence-corrected chi connectivity index (χ1v) is 9.14.